The molecule has 0 bridgehead atoms. The van der Waals surface area contributed by atoms with Crippen molar-refractivity contribution in [1.29, 1.82) is 0 Å². The van der Waals surface area contributed by atoms with Gasteiger partial charge in [0.1, 0.15) is 0 Å². The standard InChI is InChI=1S/C24H32O2S2/c1-4-6-10-19(5-2)18-26-24(25)13-14-28-23-16-21(15-22(17-23)27-3)20-11-8-7-9-12-20/h7-9,11-12,15-17,19H,4-6,10,13-14,18H2,1-3H3. The van der Waals surface area contributed by atoms with Crippen LogP contribution in [0.4, 0.5) is 0 Å². The van der Waals surface area contributed by atoms with Gasteiger partial charge in [0.25, 0.3) is 0 Å². The lowest BCUT2D eigenvalue weighted by Gasteiger charge is -2.14. The summed E-state index contributed by atoms with van der Waals surface area (Å²) in [5, 5.41) is 0. The molecule has 152 valence electrons. The fourth-order valence-corrected chi connectivity index (χ4v) is 4.49. The van der Waals surface area contributed by atoms with E-state index in [1.165, 1.54) is 33.8 Å². The third kappa shape index (κ3) is 7.92. The molecule has 4 heteroatoms. The molecule has 0 aliphatic carbocycles. The monoisotopic (exact) mass is 416 g/mol. The highest BCUT2D eigenvalue weighted by Crippen LogP contribution is 2.31. The Balaban J connectivity index is 1.86. The maximum Gasteiger partial charge on any atom is 0.306 e. The highest BCUT2D eigenvalue weighted by molar-refractivity contribution is 7.99. The summed E-state index contributed by atoms with van der Waals surface area (Å²) in [7, 11) is 0. The molecule has 2 nitrogen and oxygen atoms in total. The van der Waals surface area contributed by atoms with Crippen LogP contribution in [0, 0.1) is 5.92 Å². The topological polar surface area (TPSA) is 26.3 Å². The molecule has 2 rings (SSSR count). The lowest BCUT2D eigenvalue weighted by atomic mass is 10.0. The Kier molecular flexibility index (Phi) is 10.6. The van der Waals surface area contributed by atoms with Crippen LogP contribution in [0.15, 0.2) is 58.3 Å². The van der Waals surface area contributed by atoms with Gasteiger partial charge in [-0.15, -0.1) is 23.5 Å². The largest absolute Gasteiger partial charge is 0.465 e. The van der Waals surface area contributed by atoms with Crippen LogP contribution in [0.25, 0.3) is 11.1 Å². The molecule has 0 fully saturated rings. The zero-order valence-electron chi connectivity index (χ0n) is 17.3. The van der Waals surface area contributed by atoms with Crippen LogP contribution < -0.4 is 0 Å². The van der Waals surface area contributed by atoms with Crippen LogP contribution in [-0.2, 0) is 9.53 Å². The van der Waals surface area contributed by atoms with Gasteiger partial charge in [0.15, 0.2) is 0 Å². The van der Waals surface area contributed by atoms with Gasteiger partial charge >= 0.3 is 5.97 Å². The van der Waals surface area contributed by atoms with E-state index in [2.05, 4.69) is 62.6 Å². The second kappa shape index (κ2) is 12.9. The van der Waals surface area contributed by atoms with Crippen molar-refractivity contribution < 1.29 is 9.53 Å². The van der Waals surface area contributed by atoms with E-state index in [-0.39, 0.29) is 5.97 Å². The fraction of sp³-hybridized carbons (Fsp3) is 0.458. The molecular formula is C24H32O2S2. The van der Waals surface area contributed by atoms with E-state index in [0.29, 0.717) is 18.9 Å². The number of hydrogen-bond acceptors (Lipinski definition) is 4. The van der Waals surface area contributed by atoms with Gasteiger partial charge in [0.05, 0.1) is 13.0 Å². The van der Waals surface area contributed by atoms with Gasteiger partial charge in [-0.1, -0.05) is 63.4 Å². The van der Waals surface area contributed by atoms with E-state index in [9.17, 15) is 4.79 Å². The van der Waals surface area contributed by atoms with E-state index < -0.39 is 0 Å². The predicted octanol–water partition coefficient (Wildman–Crippen LogP) is 7.32. The number of carbonyl (C=O) groups excluding carboxylic acids is 1. The van der Waals surface area contributed by atoms with Gasteiger partial charge in [0.2, 0.25) is 0 Å². The van der Waals surface area contributed by atoms with Crippen molar-refractivity contribution >= 4 is 29.5 Å². The minimum absolute atomic E-state index is 0.0771. The van der Waals surface area contributed by atoms with Crippen molar-refractivity contribution in [1.82, 2.24) is 0 Å². The number of benzene rings is 2. The number of esters is 1. The van der Waals surface area contributed by atoms with Crippen LogP contribution in [0.3, 0.4) is 0 Å². The molecule has 1 atom stereocenters. The van der Waals surface area contributed by atoms with Gasteiger partial charge in [-0.2, -0.15) is 0 Å². The lowest BCUT2D eigenvalue weighted by Crippen LogP contribution is -2.14. The molecule has 1 unspecified atom stereocenters. The molecule has 0 heterocycles. The molecular weight excluding hydrogens is 384 g/mol. The van der Waals surface area contributed by atoms with Gasteiger partial charge in [0, 0.05) is 15.5 Å². The fourth-order valence-electron chi connectivity index (χ4n) is 3.00. The Hall–Kier alpha value is -1.39. The first-order chi connectivity index (χ1) is 13.7. The normalized spacial score (nSPS) is 12.0. The molecule has 0 N–H and O–H groups in total. The second-order valence-corrected chi connectivity index (χ2v) is 9.01. The summed E-state index contributed by atoms with van der Waals surface area (Å²) in [6.45, 7) is 4.94. The van der Waals surface area contributed by atoms with E-state index in [1.54, 1.807) is 23.5 Å². The van der Waals surface area contributed by atoms with Gasteiger partial charge in [-0.05, 0) is 47.9 Å². The number of unbranched alkanes of at least 4 members (excludes halogenated alkanes) is 1. The molecule has 0 aliphatic rings. The van der Waals surface area contributed by atoms with Gasteiger partial charge < -0.3 is 4.74 Å². The average Bonchev–Trinajstić information content (AvgIpc) is 2.74. The van der Waals surface area contributed by atoms with E-state index in [4.69, 9.17) is 4.74 Å². The number of rotatable bonds is 12. The Morgan fingerprint density at radius 3 is 2.46 bits per heavy atom. The predicted molar refractivity (Wildman–Crippen MR) is 123 cm³/mol. The summed E-state index contributed by atoms with van der Waals surface area (Å²) < 4.78 is 5.51. The van der Waals surface area contributed by atoms with Gasteiger partial charge in [-0.25, -0.2) is 0 Å². The lowest BCUT2D eigenvalue weighted by molar-refractivity contribution is -0.144. The van der Waals surface area contributed by atoms with Crippen molar-refractivity contribution in [2.24, 2.45) is 5.92 Å². The third-order valence-corrected chi connectivity index (χ3v) is 6.51. The summed E-state index contributed by atoms with van der Waals surface area (Å²) in [6.07, 6.45) is 7.19. The van der Waals surface area contributed by atoms with Crippen LogP contribution in [0.1, 0.15) is 46.0 Å². The Bertz CT molecular complexity index is 716. The first kappa shape index (κ1) is 22.9. The quantitative estimate of drug-likeness (QED) is 0.267. The summed E-state index contributed by atoms with van der Waals surface area (Å²) in [5.74, 6) is 1.17. The molecule has 0 amide bonds. The van der Waals surface area contributed by atoms with E-state index >= 15 is 0 Å². The van der Waals surface area contributed by atoms with Crippen LogP contribution >= 0.6 is 23.5 Å². The molecule has 0 aliphatic heterocycles. The smallest absolute Gasteiger partial charge is 0.306 e. The molecule has 0 saturated carbocycles. The van der Waals surface area contributed by atoms with Crippen LogP contribution in [0.2, 0.25) is 0 Å². The Morgan fingerprint density at radius 1 is 1.04 bits per heavy atom. The third-order valence-electron chi connectivity index (χ3n) is 4.82. The maximum absolute atomic E-state index is 12.1. The number of thioether (sulfide) groups is 2. The molecule has 0 spiro atoms. The molecule has 2 aromatic carbocycles. The highest BCUT2D eigenvalue weighted by atomic mass is 32.2. The second-order valence-electron chi connectivity index (χ2n) is 6.96. The summed E-state index contributed by atoms with van der Waals surface area (Å²) >= 11 is 3.47. The number of carbonyl (C=O) groups is 1. The average molecular weight is 417 g/mol. The van der Waals surface area contributed by atoms with Crippen molar-refractivity contribution in [3.63, 3.8) is 0 Å². The molecule has 0 aromatic heterocycles. The first-order valence-electron chi connectivity index (χ1n) is 10.2. The molecule has 2 aromatic rings. The highest BCUT2D eigenvalue weighted by Gasteiger charge is 2.11. The number of ether oxygens (including phenoxy) is 1. The Morgan fingerprint density at radius 2 is 1.79 bits per heavy atom. The molecule has 0 radical (unpaired) electrons. The zero-order valence-corrected chi connectivity index (χ0v) is 18.9. The Labute approximate surface area is 178 Å². The van der Waals surface area contributed by atoms with E-state index in [1.807, 2.05) is 6.07 Å². The van der Waals surface area contributed by atoms with Crippen molar-refractivity contribution in [2.75, 3.05) is 18.6 Å². The maximum atomic E-state index is 12.1. The first-order valence-corrected chi connectivity index (χ1v) is 12.4. The van der Waals surface area contributed by atoms with Crippen LogP contribution in [0.5, 0.6) is 0 Å². The van der Waals surface area contributed by atoms with Crippen molar-refractivity contribution in [3.05, 3.63) is 48.5 Å². The van der Waals surface area contributed by atoms with Crippen LogP contribution in [-0.4, -0.2) is 24.6 Å². The SMILES string of the molecule is CCCCC(CC)COC(=O)CCSc1cc(SC)cc(-c2ccccc2)c1. The molecule has 0 saturated heterocycles. The zero-order chi connectivity index (χ0) is 20.2. The summed E-state index contributed by atoms with van der Waals surface area (Å²) in [6, 6.07) is 17.1. The minimum atomic E-state index is -0.0771. The van der Waals surface area contributed by atoms with E-state index in [0.717, 1.165) is 18.6 Å². The summed E-state index contributed by atoms with van der Waals surface area (Å²) in [5.41, 5.74) is 2.44. The summed E-state index contributed by atoms with van der Waals surface area (Å²) in [4.78, 5) is 14.5. The molecule has 28 heavy (non-hydrogen) atoms. The van der Waals surface area contributed by atoms with Crippen molar-refractivity contribution in [2.45, 2.75) is 55.7 Å². The van der Waals surface area contributed by atoms with Gasteiger partial charge in [-0.3, -0.25) is 4.79 Å². The van der Waals surface area contributed by atoms with Crippen molar-refractivity contribution in [3.8, 4) is 11.1 Å². The minimum Gasteiger partial charge on any atom is -0.465 e. The number of hydrogen-bond donors (Lipinski definition) is 0.